The van der Waals surface area contributed by atoms with Crippen LogP contribution in [-0.2, 0) is 9.59 Å². The molecule has 0 unspecified atom stereocenters. The van der Waals surface area contributed by atoms with E-state index in [0.29, 0.717) is 30.8 Å². The van der Waals surface area contributed by atoms with Crippen molar-refractivity contribution in [1.82, 2.24) is 10.6 Å². The smallest absolute Gasteiger partial charge is 0.319 e. The van der Waals surface area contributed by atoms with Crippen LogP contribution >= 0.6 is 0 Å². The average Bonchev–Trinajstić information content (AvgIpc) is 2.87. The van der Waals surface area contributed by atoms with Gasteiger partial charge in [0, 0.05) is 24.3 Å². The van der Waals surface area contributed by atoms with E-state index in [0.717, 1.165) is 5.56 Å². The second kappa shape index (κ2) is 7.81. The molecule has 1 atom stereocenters. The normalized spacial score (nSPS) is 16.7. The van der Waals surface area contributed by atoms with E-state index in [2.05, 4.69) is 21.3 Å². The van der Waals surface area contributed by atoms with Crippen molar-refractivity contribution in [1.29, 1.82) is 0 Å². The minimum Gasteiger partial charge on any atom is -0.354 e. The third-order valence-electron chi connectivity index (χ3n) is 3.80. The summed E-state index contributed by atoms with van der Waals surface area (Å²) in [6, 6.07) is 4.36. The first kappa shape index (κ1) is 17.8. The zero-order valence-electron chi connectivity index (χ0n) is 14.2. The van der Waals surface area contributed by atoms with Crippen LogP contribution in [0.5, 0.6) is 0 Å². The van der Waals surface area contributed by atoms with Crippen molar-refractivity contribution in [2.45, 2.75) is 39.7 Å². The van der Waals surface area contributed by atoms with Gasteiger partial charge in [0.1, 0.15) is 6.04 Å². The topological polar surface area (TPSA) is 99.3 Å². The number of urea groups is 1. The first-order valence-corrected chi connectivity index (χ1v) is 8.11. The quantitative estimate of drug-likeness (QED) is 0.663. The minimum absolute atomic E-state index is 0.0580. The van der Waals surface area contributed by atoms with Crippen LogP contribution in [0, 0.1) is 12.8 Å². The van der Waals surface area contributed by atoms with Crippen LogP contribution in [0.1, 0.15) is 32.3 Å². The molecule has 1 aromatic carbocycles. The summed E-state index contributed by atoms with van der Waals surface area (Å²) >= 11 is 0. The SMILES string of the molecule is Cc1c(NC(=O)CC(C)C)cccc1NC(=O)N[C@@H]1CCNC1=O. The number of anilines is 2. The number of hydrogen-bond donors (Lipinski definition) is 4. The lowest BCUT2D eigenvalue weighted by Gasteiger charge is -2.15. The summed E-state index contributed by atoms with van der Waals surface area (Å²) in [5, 5.41) is 10.9. The third-order valence-corrected chi connectivity index (χ3v) is 3.80. The Balaban J connectivity index is 2.00. The molecule has 0 bridgehead atoms. The van der Waals surface area contributed by atoms with E-state index in [1.807, 2.05) is 20.8 Å². The first-order chi connectivity index (χ1) is 11.4. The van der Waals surface area contributed by atoms with Gasteiger partial charge < -0.3 is 21.3 Å². The average molecular weight is 332 g/mol. The molecule has 4 N–H and O–H groups in total. The van der Waals surface area contributed by atoms with Crippen LogP contribution < -0.4 is 21.3 Å². The van der Waals surface area contributed by atoms with E-state index < -0.39 is 12.1 Å². The molecule has 4 amide bonds. The summed E-state index contributed by atoms with van der Waals surface area (Å²) in [4.78, 5) is 35.5. The zero-order valence-corrected chi connectivity index (χ0v) is 14.2. The van der Waals surface area contributed by atoms with E-state index in [4.69, 9.17) is 0 Å². The first-order valence-electron chi connectivity index (χ1n) is 8.11. The Kier molecular flexibility index (Phi) is 5.78. The second-order valence-electron chi connectivity index (χ2n) is 6.36. The Bertz CT molecular complexity index is 643. The molecule has 7 nitrogen and oxygen atoms in total. The molecule has 1 aromatic rings. The molecule has 0 aliphatic carbocycles. The highest BCUT2D eigenvalue weighted by atomic mass is 16.2. The van der Waals surface area contributed by atoms with Crippen molar-refractivity contribution >= 4 is 29.2 Å². The summed E-state index contributed by atoms with van der Waals surface area (Å²) in [5.74, 6) is 0.0452. The van der Waals surface area contributed by atoms with Gasteiger partial charge in [0.15, 0.2) is 0 Å². The molecular formula is C17H24N4O3. The van der Waals surface area contributed by atoms with Crippen molar-refractivity contribution in [2.24, 2.45) is 5.92 Å². The Hall–Kier alpha value is -2.57. The van der Waals surface area contributed by atoms with Crippen LogP contribution in [0.3, 0.4) is 0 Å². The molecule has 0 radical (unpaired) electrons. The van der Waals surface area contributed by atoms with Gasteiger partial charge in [-0.25, -0.2) is 4.79 Å². The van der Waals surface area contributed by atoms with Gasteiger partial charge in [0.05, 0.1) is 0 Å². The van der Waals surface area contributed by atoms with Crippen LogP contribution in [0.2, 0.25) is 0 Å². The third kappa shape index (κ3) is 4.71. The Morgan fingerprint density at radius 2 is 1.92 bits per heavy atom. The molecule has 0 spiro atoms. The maximum atomic E-state index is 12.1. The lowest BCUT2D eigenvalue weighted by atomic mass is 10.1. The standard InChI is InChI=1S/C17H24N4O3/c1-10(2)9-15(22)19-12-5-4-6-13(11(12)3)20-17(24)21-14-7-8-18-16(14)23/h4-6,10,14H,7-9H2,1-3H3,(H,18,23)(H,19,22)(H2,20,21,24)/t14-/m1/s1. The predicted molar refractivity (Wildman–Crippen MR) is 92.8 cm³/mol. The van der Waals surface area contributed by atoms with Crippen molar-refractivity contribution in [3.8, 4) is 0 Å². The number of hydrogen-bond acceptors (Lipinski definition) is 3. The lowest BCUT2D eigenvalue weighted by molar-refractivity contribution is -0.120. The van der Waals surface area contributed by atoms with Gasteiger partial charge in [0.2, 0.25) is 11.8 Å². The monoisotopic (exact) mass is 332 g/mol. The number of rotatable bonds is 5. The lowest BCUT2D eigenvalue weighted by Crippen LogP contribution is -2.42. The zero-order chi connectivity index (χ0) is 17.7. The Morgan fingerprint density at radius 1 is 1.25 bits per heavy atom. The second-order valence-corrected chi connectivity index (χ2v) is 6.36. The van der Waals surface area contributed by atoms with Crippen molar-refractivity contribution in [3.05, 3.63) is 23.8 Å². The summed E-state index contributed by atoms with van der Waals surface area (Å²) < 4.78 is 0. The van der Waals surface area contributed by atoms with Crippen LogP contribution in [0.25, 0.3) is 0 Å². The highest BCUT2D eigenvalue weighted by Crippen LogP contribution is 2.23. The van der Waals surface area contributed by atoms with Gasteiger partial charge in [-0.3, -0.25) is 9.59 Å². The van der Waals surface area contributed by atoms with Crippen molar-refractivity contribution in [3.63, 3.8) is 0 Å². The summed E-state index contributed by atoms with van der Waals surface area (Å²) in [6.07, 6.45) is 1.02. The highest BCUT2D eigenvalue weighted by molar-refractivity contribution is 5.97. The van der Waals surface area contributed by atoms with Crippen LogP contribution in [0.15, 0.2) is 18.2 Å². The number of carbonyl (C=O) groups excluding carboxylic acids is 3. The van der Waals surface area contributed by atoms with E-state index in [1.54, 1.807) is 18.2 Å². The predicted octanol–water partition coefficient (Wildman–Crippen LogP) is 1.99. The van der Waals surface area contributed by atoms with E-state index >= 15 is 0 Å². The van der Waals surface area contributed by atoms with Gasteiger partial charge in [-0.1, -0.05) is 19.9 Å². The van der Waals surface area contributed by atoms with Crippen molar-refractivity contribution in [2.75, 3.05) is 17.2 Å². The molecule has 1 aliphatic rings. The maximum absolute atomic E-state index is 12.1. The fraction of sp³-hybridized carbons (Fsp3) is 0.471. The molecule has 7 heteroatoms. The summed E-state index contributed by atoms with van der Waals surface area (Å²) in [5.41, 5.74) is 2.02. The number of amides is 4. The summed E-state index contributed by atoms with van der Waals surface area (Å²) in [7, 11) is 0. The molecule has 0 saturated carbocycles. The minimum atomic E-state index is -0.501. The van der Waals surface area contributed by atoms with Crippen LogP contribution in [-0.4, -0.2) is 30.4 Å². The molecule has 24 heavy (non-hydrogen) atoms. The molecule has 130 valence electrons. The molecule has 0 aromatic heterocycles. The number of benzene rings is 1. The van der Waals surface area contributed by atoms with E-state index in [-0.39, 0.29) is 17.7 Å². The van der Waals surface area contributed by atoms with Gasteiger partial charge in [-0.2, -0.15) is 0 Å². The number of carbonyl (C=O) groups is 3. The maximum Gasteiger partial charge on any atom is 0.319 e. The van der Waals surface area contributed by atoms with Gasteiger partial charge >= 0.3 is 6.03 Å². The molecule has 1 saturated heterocycles. The molecule has 2 rings (SSSR count). The van der Waals surface area contributed by atoms with Gasteiger partial charge in [0.25, 0.3) is 0 Å². The Labute approximate surface area is 141 Å². The largest absolute Gasteiger partial charge is 0.354 e. The van der Waals surface area contributed by atoms with Gasteiger partial charge in [-0.05, 0) is 37.0 Å². The Morgan fingerprint density at radius 3 is 2.50 bits per heavy atom. The molecule has 1 fully saturated rings. The van der Waals surface area contributed by atoms with Crippen LogP contribution in [0.4, 0.5) is 16.2 Å². The molecule has 1 aliphatic heterocycles. The fourth-order valence-electron chi connectivity index (χ4n) is 2.53. The van der Waals surface area contributed by atoms with Gasteiger partial charge in [-0.15, -0.1) is 0 Å². The molecule has 1 heterocycles. The van der Waals surface area contributed by atoms with Crippen molar-refractivity contribution < 1.29 is 14.4 Å². The van der Waals surface area contributed by atoms with E-state index in [9.17, 15) is 14.4 Å². The fourth-order valence-corrected chi connectivity index (χ4v) is 2.53. The number of nitrogens with one attached hydrogen (secondary N) is 4. The molecular weight excluding hydrogens is 308 g/mol. The highest BCUT2D eigenvalue weighted by Gasteiger charge is 2.25. The summed E-state index contributed by atoms with van der Waals surface area (Å²) in [6.45, 7) is 6.35. The van der Waals surface area contributed by atoms with E-state index in [1.165, 1.54) is 0 Å².